The molecule has 1 heterocycles. The minimum atomic E-state index is -0.00668. The summed E-state index contributed by atoms with van der Waals surface area (Å²) in [5.74, 6) is 0. The number of nitrogens with zero attached hydrogens (tertiary/aromatic N) is 2. The molecular formula is C10H14N2O. The quantitative estimate of drug-likeness (QED) is 0.511. The maximum absolute atomic E-state index is 10.1. The van der Waals surface area contributed by atoms with Crippen LogP contribution in [0.2, 0.25) is 0 Å². The normalized spacial score (nSPS) is 12.2. The Morgan fingerprint density at radius 1 is 1.46 bits per heavy atom. The highest BCUT2D eigenvalue weighted by molar-refractivity contribution is 5.73. The van der Waals surface area contributed by atoms with Crippen molar-refractivity contribution in [2.45, 2.75) is 26.3 Å². The van der Waals surface area contributed by atoms with Crippen molar-refractivity contribution in [1.82, 2.24) is 9.78 Å². The predicted molar refractivity (Wildman–Crippen MR) is 52.3 cm³/mol. The van der Waals surface area contributed by atoms with E-state index in [0.29, 0.717) is 0 Å². The van der Waals surface area contributed by atoms with Crippen molar-refractivity contribution in [3.63, 3.8) is 0 Å². The number of rotatable bonds is 2. The van der Waals surface area contributed by atoms with E-state index in [1.165, 1.54) is 6.08 Å². The van der Waals surface area contributed by atoms with Gasteiger partial charge in [0.25, 0.3) is 0 Å². The Kier molecular flexibility index (Phi) is 2.66. The van der Waals surface area contributed by atoms with Gasteiger partial charge in [0.05, 0.1) is 11.7 Å². The van der Waals surface area contributed by atoms with E-state index in [9.17, 15) is 4.79 Å². The van der Waals surface area contributed by atoms with E-state index in [1.807, 2.05) is 10.9 Å². The van der Waals surface area contributed by atoms with E-state index in [0.717, 1.165) is 11.8 Å². The van der Waals surface area contributed by atoms with Crippen LogP contribution in [0.5, 0.6) is 0 Å². The molecule has 0 aliphatic rings. The molecule has 1 rings (SSSR count). The van der Waals surface area contributed by atoms with Crippen molar-refractivity contribution < 1.29 is 4.79 Å². The van der Waals surface area contributed by atoms with Gasteiger partial charge in [-0.25, -0.2) is 0 Å². The Morgan fingerprint density at radius 2 is 2.15 bits per heavy atom. The first-order chi connectivity index (χ1) is 6.04. The lowest BCUT2D eigenvalue weighted by Gasteiger charge is -2.18. The highest BCUT2D eigenvalue weighted by Crippen LogP contribution is 2.13. The predicted octanol–water partition coefficient (Wildman–Crippen LogP) is 1.85. The average molecular weight is 178 g/mol. The molecule has 0 atom stereocenters. The highest BCUT2D eigenvalue weighted by atomic mass is 16.1. The van der Waals surface area contributed by atoms with Crippen molar-refractivity contribution in [3.8, 4) is 0 Å². The standard InChI is InChI=1S/C10H14N2O/c1-10(2,3)12-8-9(7-11-12)5-4-6-13/h4-8H,1-3H3. The van der Waals surface area contributed by atoms with Crippen LogP contribution in [0.25, 0.3) is 6.08 Å². The molecule has 0 aliphatic carbocycles. The summed E-state index contributed by atoms with van der Waals surface area (Å²) < 4.78 is 1.87. The van der Waals surface area contributed by atoms with Gasteiger partial charge in [-0.3, -0.25) is 9.48 Å². The van der Waals surface area contributed by atoms with E-state index in [4.69, 9.17) is 0 Å². The zero-order chi connectivity index (χ0) is 9.90. The molecule has 0 aromatic carbocycles. The molecular weight excluding hydrogens is 164 g/mol. The van der Waals surface area contributed by atoms with E-state index < -0.39 is 0 Å². The van der Waals surface area contributed by atoms with Crippen LogP contribution >= 0.6 is 0 Å². The summed E-state index contributed by atoms with van der Waals surface area (Å²) in [6.45, 7) is 6.23. The van der Waals surface area contributed by atoms with Gasteiger partial charge < -0.3 is 0 Å². The number of aldehydes is 1. The Hall–Kier alpha value is -1.38. The number of carbonyl (C=O) groups excluding carboxylic acids is 1. The van der Waals surface area contributed by atoms with Crippen LogP contribution in [0.4, 0.5) is 0 Å². The summed E-state index contributed by atoms with van der Waals surface area (Å²) in [6, 6.07) is 0. The molecule has 0 unspecified atom stereocenters. The minimum absolute atomic E-state index is 0.00668. The lowest BCUT2D eigenvalue weighted by molar-refractivity contribution is -0.104. The molecule has 0 saturated heterocycles. The number of allylic oxidation sites excluding steroid dienone is 1. The number of carbonyl (C=O) groups is 1. The van der Waals surface area contributed by atoms with Gasteiger partial charge in [0.2, 0.25) is 0 Å². The maximum Gasteiger partial charge on any atom is 0.142 e. The zero-order valence-corrected chi connectivity index (χ0v) is 8.19. The van der Waals surface area contributed by atoms with Crippen LogP contribution in [-0.4, -0.2) is 16.1 Å². The molecule has 1 aromatic heterocycles. The van der Waals surface area contributed by atoms with E-state index in [1.54, 1.807) is 12.3 Å². The van der Waals surface area contributed by atoms with Crippen LogP contribution < -0.4 is 0 Å². The van der Waals surface area contributed by atoms with Gasteiger partial charge in [0, 0.05) is 11.8 Å². The molecule has 3 heteroatoms. The lowest BCUT2D eigenvalue weighted by Crippen LogP contribution is -2.21. The van der Waals surface area contributed by atoms with Crippen LogP contribution in [0.15, 0.2) is 18.5 Å². The van der Waals surface area contributed by atoms with Gasteiger partial charge in [-0.2, -0.15) is 5.10 Å². The average Bonchev–Trinajstić information content (AvgIpc) is 2.47. The second-order valence-electron chi connectivity index (χ2n) is 3.88. The van der Waals surface area contributed by atoms with Crippen LogP contribution in [0, 0.1) is 0 Å². The summed E-state index contributed by atoms with van der Waals surface area (Å²) in [7, 11) is 0. The fourth-order valence-electron chi connectivity index (χ4n) is 0.940. The number of aromatic nitrogens is 2. The van der Waals surface area contributed by atoms with E-state index in [-0.39, 0.29) is 5.54 Å². The first kappa shape index (κ1) is 9.71. The summed E-state index contributed by atoms with van der Waals surface area (Å²) in [5.41, 5.74) is 0.940. The molecule has 0 spiro atoms. The lowest BCUT2D eigenvalue weighted by atomic mass is 10.1. The molecule has 70 valence electrons. The molecule has 0 saturated carbocycles. The number of hydrogen-bond donors (Lipinski definition) is 0. The summed E-state index contributed by atoms with van der Waals surface area (Å²) in [5, 5.41) is 4.19. The Balaban J connectivity index is 2.87. The van der Waals surface area contributed by atoms with E-state index >= 15 is 0 Å². The van der Waals surface area contributed by atoms with Crippen LogP contribution in [-0.2, 0) is 10.3 Å². The van der Waals surface area contributed by atoms with Crippen molar-refractivity contribution >= 4 is 12.4 Å². The second-order valence-corrected chi connectivity index (χ2v) is 3.88. The molecule has 0 radical (unpaired) electrons. The third-order valence-electron chi connectivity index (χ3n) is 1.66. The van der Waals surface area contributed by atoms with Gasteiger partial charge in [-0.15, -0.1) is 0 Å². The summed E-state index contributed by atoms with van der Waals surface area (Å²) in [4.78, 5) is 10.1. The topological polar surface area (TPSA) is 34.9 Å². The summed E-state index contributed by atoms with van der Waals surface area (Å²) in [6.07, 6.45) is 7.62. The SMILES string of the molecule is CC(C)(C)n1cc(C=CC=O)cn1. The van der Waals surface area contributed by atoms with Crippen molar-refractivity contribution in [1.29, 1.82) is 0 Å². The summed E-state index contributed by atoms with van der Waals surface area (Å²) >= 11 is 0. The van der Waals surface area contributed by atoms with Gasteiger partial charge in [0.1, 0.15) is 6.29 Å². The molecule has 13 heavy (non-hydrogen) atoms. The third-order valence-corrected chi connectivity index (χ3v) is 1.66. The molecule has 0 aliphatic heterocycles. The molecule has 1 aromatic rings. The number of hydrogen-bond acceptors (Lipinski definition) is 2. The minimum Gasteiger partial charge on any atom is -0.299 e. The van der Waals surface area contributed by atoms with Gasteiger partial charge in [0.15, 0.2) is 0 Å². The Bertz CT molecular complexity index is 318. The van der Waals surface area contributed by atoms with Crippen molar-refractivity contribution in [2.75, 3.05) is 0 Å². The molecule has 0 N–H and O–H groups in total. The molecule has 0 bridgehead atoms. The smallest absolute Gasteiger partial charge is 0.142 e. The third kappa shape index (κ3) is 2.54. The molecule has 0 fully saturated rings. The Morgan fingerprint density at radius 3 is 2.62 bits per heavy atom. The van der Waals surface area contributed by atoms with Crippen LogP contribution in [0.3, 0.4) is 0 Å². The van der Waals surface area contributed by atoms with Gasteiger partial charge in [-0.05, 0) is 32.9 Å². The van der Waals surface area contributed by atoms with Crippen molar-refractivity contribution in [2.24, 2.45) is 0 Å². The van der Waals surface area contributed by atoms with E-state index in [2.05, 4.69) is 25.9 Å². The van der Waals surface area contributed by atoms with Gasteiger partial charge >= 0.3 is 0 Å². The first-order valence-corrected chi connectivity index (χ1v) is 4.21. The fraction of sp³-hybridized carbons (Fsp3) is 0.400. The Labute approximate surface area is 78.1 Å². The maximum atomic E-state index is 10.1. The molecule has 3 nitrogen and oxygen atoms in total. The first-order valence-electron chi connectivity index (χ1n) is 4.21. The van der Waals surface area contributed by atoms with Crippen LogP contribution in [0.1, 0.15) is 26.3 Å². The van der Waals surface area contributed by atoms with Crippen molar-refractivity contribution in [3.05, 3.63) is 24.0 Å². The van der Waals surface area contributed by atoms with Gasteiger partial charge in [-0.1, -0.05) is 0 Å². The molecule has 0 amide bonds. The monoisotopic (exact) mass is 178 g/mol. The largest absolute Gasteiger partial charge is 0.299 e. The zero-order valence-electron chi connectivity index (χ0n) is 8.19. The second kappa shape index (κ2) is 3.56. The highest BCUT2D eigenvalue weighted by Gasteiger charge is 2.12. The fourth-order valence-corrected chi connectivity index (χ4v) is 0.940.